The second-order valence-corrected chi connectivity index (χ2v) is 5.81. The largest absolute Gasteiger partial charge is 0.313 e. The first kappa shape index (κ1) is 15.0. The third-order valence-corrected chi connectivity index (χ3v) is 4.35. The van der Waals surface area contributed by atoms with Crippen LogP contribution in [0, 0.1) is 5.92 Å². The van der Waals surface area contributed by atoms with Crippen molar-refractivity contribution in [3.05, 3.63) is 29.8 Å². The van der Waals surface area contributed by atoms with E-state index in [2.05, 4.69) is 37.4 Å². The van der Waals surface area contributed by atoms with E-state index < -0.39 is 0 Å². The second kappa shape index (κ2) is 6.89. The van der Waals surface area contributed by atoms with Crippen molar-refractivity contribution >= 4 is 11.6 Å². The summed E-state index contributed by atoms with van der Waals surface area (Å²) in [4.78, 5) is 14.6. The number of hydrogen-bond acceptors (Lipinski definition) is 2. The molecule has 0 fully saturated rings. The molecule has 1 aromatic rings. The molecule has 1 aromatic carbocycles. The van der Waals surface area contributed by atoms with Crippen LogP contribution in [-0.4, -0.2) is 19.5 Å². The number of nitrogens with one attached hydrogen (secondary N) is 1. The fourth-order valence-electron chi connectivity index (χ4n) is 2.87. The molecule has 0 aliphatic carbocycles. The Kier molecular flexibility index (Phi) is 5.18. The number of fused-ring (bicyclic) bond motifs is 1. The minimum absolute atomic E-state index is 0.267. The zero-order valence-electron chi connectivity index (χ0n) is 12.9. The van der Waals surface area contributed by atoms with Crippen LogP contribution < -0.4 is 10.2 Å². The molecule has 1 N–H and O–H groups in total. The van der Waals surface area contributed by atoms with Gasteiger partial charge in [0.15, 0.2) is 0 Å². The van der Waals surface area contributed by atoms with Gasteiger partial charge in [-0.25, -0.2) is 0 Å². The van der Waals surface area contributed by atoms with Gasteiger partial charge in [-0.1, -0.05) is 38.5 Å². The lowest BCUT2D eigenvalue weighted by atomic mass is 10.0. The lowest BCUT2D eigenvalue weighted by Gasteiger charge is -2.25. The van der Waals surface area contributed by atoms with Crippen LogP contribution in [0.2, 0.25) is 0 Å². The van der Waals surface area contributed by atoms with E-state index in [1.165, 1.54) is 5.56 Å². The Hall–Kier alpha value is -1.35. The zero-order chi connectivity index (χ0) is 14.5. The van der Waals surface area contributed by atoms with Gasteiger partial charge in [-0.3, -0.25) is 4.79 Å². The Bertz CT molecular complexity index is 458. The first-order valence-electron chi connectivity index (χ1n) is 7.74. The molecule has 3 heteroatoms. The van der Waals surface area contributed by atoms with Gasteiger partial charge in [0.2, 0.25) is 5.91 Å². The summed E-state index contributed by atoms with van der Waals surface area (Å²) in [5.41, 5.74) is 2.35. The molecule has 1 aliphatic heterocycles. The summed E-state index contributed by atoms with van der Waals surface area (Å²) >= 11 is 0. The van der Waals surface area contributed by atoms with Crippen molar-refractivity contribution in [2.45, 2.75) is 45.6 Å². The molecule has 1 amide bonds. The first-order valence-corrected chi connectivity index (χ1v) is 7.74. The van der Waals surface area contributed by atoms with Gasteiger partial charge in [-0.2, -0.15) is 0 Å². The van der Waals surface area contributed by atoms with E-state index in [9.17, 15) is 4.79 Å². The molecule has 0 aromatic heterocycles. The quantitative estimate of drug-likeness (QED) is 0.911. The molecule has 110 valence electrons. The van der Waals surface area contributed by atoms with E-state index in [1.54, 1.807) is 0 Å². The number of hydrogen-bond donors (Lipinski definition) is 1. The number of nitrogens with zero attached hydrogens (tertiary/aromatic N) is 1. The molecule has 2 atom stereocenters. The molecule has 0 saturated heterocycles. The SMILES string of the molecule is CCC(C)CC(=O)N1CCCC(NC)c2ccccc21. The fourth-order valence-corrected chi connectivity index (χ4v) is 2.87. The maximum Gasteiger partial charge on any atom is 0.227 e. The van der Waals surface area contributed by atoms with Gasteiger partial charge >= 0.3 is 0 Å². The lowest BCUT2D eigenvalue weighted by Crippen LogP contribution is -2.32. The fraction of sp³-hybridized carbons (Fsp3) is 0.588. The van der Waals surface area contributed by atoms with Gasteiger partial charge in [0.1, 0.15) is 0 Å². The summed E-state index contributed by atoms with van der Waals surface area (Å²) in [6, 6.07) is 8.67. The molecule has 0 spiro atoms. The molecule has 2 unspecified atom stereocenters. The Morgan fingerprint density at radius 3 is 2.90 bits per heavy atom. The third-order valence-electron chi connectivity index (χ3n) is 4.35. The predicted octanol–water partition coefficient (Wildman–Crippen LogP) is 3.51. The topological polar surface area (TPSA) is 32.3 Å². The number of amides is 1. The Balaban J connectivity index is 2.27. The number of carbonyl (C=O) groups excluding carboxylic acids is 1. The number of anilines is 1. The summed E-state index contributed by atoms with van der Waals surface area (Å²) in [6.45, 7) is 5.13. The normalized spacial score (nSPS) is 20.1. The van der Waals surface area contributed by atoms with Crippen LogP contribution >= 0.6 is 0 Å². The molecule has 3 nitrogen and oxygen atoms in total. The Morgan fingerprint density at radius 1 is 1.45 bits per heavy atom. The maximum atomic E-state index is 12.6. The van der Waals surface area contributed by atoms with Gasteiger partial charge < -0.3 is 10.2 Å². The van der Waals surface area contributed by atoms with E-state index >= 15 is 0 Å². The highest BCUT2D eigenvalue weighted by Crippen LogP contribution is 2.33. The van der Waals surface area contributed by atoms with Crippen molar-refractivity contribution in [2.75, 3.05) is 18.5 Å². The molecule has 1 aliphatic rings. The molecule has 20 heavy (non-hydrogen) atoms. The van der Waals surface area contributed by atoms with Crippen molar-refractivity contribution < 1.29 is 4.79 Å². The average Bonchev–Trinajstić information content (AvgIpc) is 2.66. The van der Waals surface area contributed by atoms with Crippen molar-refractivity contribution in [2.24, 2.45) is 5.92 Å². The smallest absolute Gasteiger partial charge is 0.227 e. The van der Waals surface area contributed by atoms with Crippen molar-refractivity contribution in [1.82, 2.24) is 5.32 Å². The molecular formula is C17H26N2O. The van der Waals surface area contributed by atoms with Crippen LogP contribution in [0.1, 0.15) is 51.1 Å². The summed E-state index contributed by atoms with van der Waals surface area (Å²) in [7, 11) is 2.00. The van der Waals surface area contributed by atoms with E-state index in [0.717, 1.165) is 31.5 Å². The zero-order valence-corrected chi connectivity index (χ0v) is 12.9. The number of carbonyl (C=O) groups is 1. The van der Waals surface area contributed by atoms with Gasteiger partial charge in [-0.05, 0) is 37.4 Å². The van der Waals surface area contributed by atoms with Crippen LogP contribution in [0.4, 0.5) is 5.69 Å². The third kappa shape index (κ3) is 3.21. The van der Waals surface area contributed by atoms with Crippen molar-refractivity contribution in [1.29, 1.82) is 0 Å². The number of rotatable bonds is 4. The van der Waals surface area contributed by atoms with Gasteiger partial charge in [0.05, 0.1) is 0 Å². The van der Waals surface area contributed by atoms with E-state index in [1.807, 2.05) is 18.0 Å². The number of para-hydroxylation sites is 1. The monoisotopic (exact) mass is 274 g/mol. The standard InChI is InChI=1S/C17H26N2O/c1-4-13(2)12-17(20)19-11-7-9-15(18-3)14-8-5-6-10-16(14)19/h5-6,8,10,13,15,18H,4,7,9,11-12H2,1-3H3. The Labute approximate surface area is 122 Å². The Morgan fingerprint density at radius 2 is 2.20 bits per heavy atom. The second-order valence-electron chi connectivity index (χ2n) is 5.81. The van der Waals surface area contributed by atoms with Crippen LogP contribution in [0.25, 0.3) is 0 Å². The molecular weight excluding hydrogens is 248 g/mol. The van der Waals surface area contributed by atoms with E-state index in [4.69, 9.17) is 0 Å². The summed E-state index contributed by atoms with van der Waals surface area (Å²) in [6.07, 6.45) is 3.84. The predicted molar refractivity (Wildman–Crippen MR) is 83.9 cm³/mol. The van der Waals surface area contributed by atoms with E-state index in [-0.39, 0.29) is 5.91 Å². The minimum atomic E-state index is 0.267. The highest BCUT2D eigenvalue weighted by Gasteiger charge is 2.25. The minimum Gasteiger partial charge on any atom is -0.313 e. The summed E-state index contributed by atoms with van der Waals surface area (Å²) in [5, 5.41) is 3.37. The maximum absolute atomic E-state index is 12.6. The van der Waals surface area contributed by atoms with Gasteiger partial charge in [0.25, 0.3) is 0 Å². The molecule has 0 radical (unpaired) electrons. The summed E-state index contributed by atoms with van der Waals surface area (Å²) in [5.74, 6) is 0.724. The molecule has 1 heterocycles. The lowest BCUT2D eigenvalue weighted by molar-refractivity contribution is -0.119. The summed E-state index contributed by atoms with van der Waals surface area (Å²) < 4.78 is 0. The highest BCUT2D eigenvalue weighted by molar-refractivity contribution is 5.94. The van der Waals surface area contributed by atoms with Gasteiger partial charge in [0, 0.05) is 24.7 Å². The van der Waals surface area contributed by atoms with Crippen LogP contribution in [0.15, 0.2) is 24.3 Å². The van der Waals surface area contributed by atoms with Crippen molar-refractivity contribution in [3.63, 3.8) is 0 Å². The van der Waals surface area contributed by atoms with E-state index in [0.29, 0.717) is 18.4 Å². The van der Waals surface area contributed by atoms with Crippen molar-refractivity contribution in [3.8, 4) is 0 Å². The number of benzene rings is 1. The van der Waals surface area contributed by atoms with Crippen LogP contribution in [0.3, 0.4) is 0 Å². The molecule has 0 saturated carbocycles. The molecule has 2 rings (SSSR count). The van der Waals surface area contributed by atoms with Crippen LogP contribution in [0.5, 0.6) is 0 Å². The van der Waals surface area contributed by atoms with Crippen LogP contribution in [-0.2, 0) is 4.79 Å². The average molecular weight is 274 g/mol. The van der Waals surface area contributed by atoms with Gasteiger partial charge in [-0.15, -0.1) is 0 Å². The molecule has 0 bridgehead atoms. The highest BCUT2D eigenvalue weighted by atomic mass is 16.2. The first-order chi connectivity index (χ1) is 9.67.